The average molecular weight is 250 g/mol. The number of aromatic nitrogens is 1. The minimum absolute atomic E-state index is 0.0382. The summed E-state index contributed by atoms with van der Waals surface area (Å²) >= 11 is 0. The van der Waals surface area contributed by atoms with Gasteiger partial charge in [0.15, 0.2) is 5.89 Å². The Balaban J connectivity index is 2.92. The van der Waals surface area contributed by atoms with E-state index in [1.165, 1.54) is 6.92 Å². The Morgan fingerprint density at radius 1 is 1.53 bits per heavy atom. The average Bonchev–Trinajstić information content (AvgIpc) is 2.64. The fourth-order valence-corrected chi connectivity index (χ4v) is 1.26. The van der Waals surface area contributed by atoms with Crippen LogP contribution in [0, 0.1) is 6.92 Å². The Hall–Kier alpha value is -1.53. The van der Waals surface area contributed by atoms with Crippen molar-refractivity contribution < 1.29 is 22.4 Å². The van der Waals surface area contributed by atoms with Gasteiger partial charge in [-0.1, -0.05) is 13.3 Å². The number of oxazole rings is 1. The van der Waals surface area contributed by atoms with Crippen molar-refractivity contribution in [1.29, 1.82) is 0 Å². The van der Waals surface area contributed by atoms with E-state index in [0.29, 0.717) is 17.7 Å². The first kappa shape index (κ1) is 13.5. The summed E-state index contributed by atoms with van der Waals surface area (Å²) in [5, 5.41) is 0. The number of halogens is 3. The molecule has 0 radical (unpaired) electrons. The molecule has 1 rings (SSSR count). The predicted octanol–water partition coefficient (Wildman–Crippen LogP) is 2.68. The topological polar surface area (TPSA) is 46.3 Å². The molecule has 0 bridgehead atoms. The minimum atomic E-state index is -4.91. The van der Waals surface area contributed by atoms with Gasteiger partial charge < -0.3 is 4.42 Å². The van der Waals surface area contributed by atoms with Crippen molar-refractivity contribution in [2.24, 2.45) is 0 Å². The second-order valence-corrected chi connectivity index (χ2v) is 3.53. The number of aryl methyl sites for hydroxylation is 1. The predicted molar refractivity (Wildman–Crippen MR) is 54.6 cm³/mol. The number of nitrogens with zero attached hydrogens (tertiary/aromatic N) is 2. The SMILES string of the molecule is CCCCN(C(=O)C(F)(F)F)c1cnc(C)o1. The van der Waals surface area contributed by atoms with Gasteiger partial charge in [0.05, 0.1) is 6.20 Å². The smallest absolute Gasteiger partial charge is 0.425 e. The Morgan fingerprint density at radius 2 is 2.18 bits per heavy atom. The van der Waals surface area contributed by atoms with Gasteiger partial charge in [0.1, 0.15) is 0 Å². The van der Waals surface area contributed by atoms with Crippen LogP contribution in [0.15, 0.2) is 10.6 Å². The molecule has 0 N–H and O–H groups in total. The molecule has 0 fully saturated rings. The molecule has 0 unspecified atom stereocenters. The van der Waals surface area contributed by atoms with Crippen molar-refractivity contribution in [3.8, 4) is 0 Å². The summed E-state index contributed by atoms with van der Waals surface area (Å²) in [6, 6.07) is 0. The van der Waals surface area contributed by atoms with E-state index in [4.69, 9.17) is 4.42 Å². The summed E-state index contributed by atoms with van der Waals surface area (Å²) < 4.78 is 42.1. The van der Waals surface area contributed by atoms with Gasteiger partial charge in [0.2, 0.25) is 5.88 Å². The van der Waals surface area contributed by atoms with Gasteiger partial charge in [-0.3, -0.25) is 9.69 Å². The quantitative estimate of drug-likeness (QED) is 0.825. The number of hydrogen-bond acceptors (Lipinski definition) is 3. The van der Waals surface area contributed by atoms with E-state index < -0.39 is 12.1 Å². The van der Waals surface area contributed by atoms with E-state index in [-0.39, 0.29) is 18.3 Å². The van der Waals surface area contributed by atoms with Gasteiger partial charge in [-0.2, -0.15) is 13.2 Å². The fraction of sp³-hybridized carbons (Fsp3) is 0.600. The summed E-state index contributed by atoms with van der Waals surface area (Å²) in [5.74, 6) is -1.88. The molecular formula is C10H13F3N2O2. The zero-order valence-corrected chi connectivity index (χ0v) is 9.54. The number of rotatable bonds is 4. The first-order valence-corrected chi connectivity index (χ1v) is 5.17. The van der Waals surface area contributed by atoms with E-state index in [1.54, 1.807) is 0 Å². The Morgan fingerprint density at radius 3 is 2.59 bits per heavy atom. The van der Waals surface area contributed by atoms with Crippen LogP contribution in [0.1, 0.15) is 25.7 Å². The highest BCUT2D eigenvalue weighted by atomic mass is 19.4. The lowest BCUT2D eigenvalue weighted by Gasteiger charge is -2.20. The van der Waals surface area contributed by atoms with Crippen LogP contribution in [0.3, 0.4) is 0 Å². The number of unbranched alkanes of at least 4 members (excludes halogenated alkanes) is 1. The summed E-state index contributed by atoms with van der Waals surface area (Å²) in [4.78, 5) is 15.4. The lowest BCUT2D eigenvalue weighted by Crippen LogP contribution is -2.41. The molecule has 0 spiro atoms. The van der Waals surface area contributed by atoms with Crippen LogP contribution in [-0.4, -0.2) is 23.6 Å². The maximum absolute atomic E-state index is 12.4. The molecule has 96 valence electrons. The zero-order valence-electron chi connectivity index (χ0n) is 9.54. The third-order valence-electron chi connectivity index (χ3n) is 2.10. The molecule has 0 atom stereocenters. The second-order valence-electron chi connectivity index (χ2n) is 3.53. The van der Waals surface area contributed by atoms with Gasteiger partial charge in [0, 0.05) is 13.5 Å². The summed E-state index contributed by atoms with van der Waals surface area (Å²) in [5.41, 5.74) is 0. The van der Waals surface area contributed by atoms with Crippen LogP contribution >= 0.6 is 0 Å². The second kappa shape index (κ2) is 5.20. The van der Waals surface area contributed by atoms with Crippen LogP contribution in [0.2, 0.25) is 0 Å². The molecule has 0 aromatic carbocycles. The molecule has 0 aliphatic rings. The van der Waals surface area contributed by atoms with Gasteiger partial charge in [-0.15, -0.1) is 0 Å². The van der Waals surface area contributed by atoms with Crippen LogP contribution in [0.25, 0.3) is 0 Å². The van der Waals surface area contributed by atoms with Crippen LogP contribution < -0.4 is 4.90 Å². The van der Waals surface area contributed by atoms with Crippen molar-refractivity contribution in [3.05, 3.63) is 12.1 Å². The summed E-state index contributed by atoms with van der Waals surface area (Å²) in [6.45, 7) is 3.28. The van der Waals surface area contributed by atoms with Crippen molar-refractivity contribution in [2.75, 3.05) is 11.4 Å². The van der Waals surface area contributed by atoms with Crippen molar-refractivity contribution in [2.45, 2.75) is 32.9 Å². The highest BCUT2D eigenvalue weighted by Crippen LogP contribution is 2.24. The lowest BCUT2D eigenvalue weighted by atomic mass is 10.3. The Labute approximate surface area is 96.4 Å². The van der Waals surface area contributed by atoms with E-state index in [9.17, 15) is 18.0 Å². The third kappa shape index (κ3) is 3.47. The van der Waals surface area contributed by atoms with Crippen molar-refractivity contribution in [1.82, 2.24) is 4.98 Å². The van der Waals surface area contributed by atoms with Gasteiger partial charge in [0.25, 0.3) is 0 Å². The van der Waals surface area contributed by atoms with E-state index >= 15 is 0 Å². The summed E-state index contributed by atoms with van der Waals surface area (Å²) in [7, 11) is 0. The molecule has 1 aromatic rings. The monoisotopic (exact) mass is 250 g/mol. The Bertz CT molecular complexity index is 387. The number of carbonyl (C=O) groups is 1. The largest absolute Gasteiger partial charge is 0.471 e. The first-order chi connectivity index (χ1) is 7.86. The standard InChI is InChI=1S/C10H13F3N2O2/c1-3-4-5-15(9(16)10(11,12)13)8-6-14-7(2)17-8/h6H,3-5H2,1-2H3. The molecule has 1 amide bonds. The Kier molecular flexibility index (Phi) is 4.14. The third-order valence-corrected chi connectivity index (χ3v) is 2.10. The molecule has 0 saturated heterocycles. The highest BCUT2D eigenvalue weighted by molar-refractivity contribution is 5.96. The molecule has 0 aliphatic carbocycles. The van der Waals surface area contributed by atoms with Crippen LogP contribution in [0.5, 0.6) is 0 Å². The van der Waals surface area contributed by atoms with Crippen molar-refractivity contribution >= 4 is 11.8 Å². The van der Waals surface area contributed by atoms with Gasteiger partial charge in [-0.05, 0) is 6.42 Å². The number of amides is 1. The van der Waals surface area contributed by atoms with E-state index in [1.807, 2.05) is 6.92 Å². The normalized spacial score (nSPS) is 11.6. The highest BCUT2D eigenvalue weighted by Gasteiger charge is 2.43. The molecule has 7 heteroatoms. The van der Waals surface area contributed by atoms with Gasteiger partial charge in [-0.25, -0.2) is 4.98 Å². The molecule has 1 aromatic heterocycles. The number of alkyl halides is 3. The minimum Gasteiger partial charge on any atom is -0.425 e. The molecule has 17 heavy (non-hydrogen) atoms. The van der Waals surface area contributed by atoms with Gasteiger partial charge >= 0.3 is 12.1 Å². The van der Waals surface area contributed by atoms with Crippen LogP contribution in [0.4, 0.5) is 19.1 Å². The van der Waals surface area contributed by atoms with Crippen LogP contribution in [-0.2, 0) is 4.79 Å². The number of carbonyl (C=O) groups excluding carboxylic acids is 1. The molecule has 1 heterocycles. The molecular weight excluding hydrogens is 237 g/mol. The fourth-order valence-electron chi connectivity index (χ4n) is 1.26. The number of hydrogen-bond donors (Lipinski definition) is 0. The van der Waals surface area contributed by atoms with Crippen molar-refractivity contribution in [3.63, 3.8) is 0 Å². The lowest BCUT2D eigenvalue weighted by molar-refractivity contribution is -0.170. The molecule has 4 nitrogen and oxygen atoms in total. The molecule has 0 saturated carbocycles. The first-order valence-electron chi connectivity index (χ1n) is 5.17. The summed E-state index contributed by atoms with van der Waals surface area (Å²) in [6.07, 6.45) is -2.65. The molecule has 0 aliphatic heterocycles. The number of anilines is 1. The van der Waals surface area contributed by atoms with E-state index in [0.717, 1.165) is 6.20 Å². The zero-order chi connectivity index (χ0) is 13.1. The van der Waals surface area contributed by atoms with E-state index in [2.05, 4.69) is 4.98 Å². The maximum Gasteiger partial charge on any atom is 0.471 e. The maximum atomic E-state index is 12.4.